The molecular formula is C8H18O6. The topological polar surface area (TPSA) is 121 Å². The van der Waals surface area contributed by atoms with Gasteiger partial charge in [-0.25, -0.2) is 0 Å². The molecule has 0 unspecified atom stereocenters. The van der Waals surface area contributed by atoms with E-state index in [2.05, 4.69) is 0 Å². The molecule has 6 N–H and O–H groups in total. The molecule has 0 amide bonds. The van der Waals surface area contributed by atoms with Gasteiger partial charge in [-0.05, 0) is 13.3 Å². The van der Waals surface area contributed by atoms with Crippen LogP contribution in [0.4, 0.5) is 0 Å². The molecule has 0 aromatic rings. The van der Waals surface area contributed by atoms with Crippen molar-refractivity contribution in [2.75, 3.05) is 0 Å². The minimum Gasteiger partial charge on any atom is -0.361 e. The largest absolute Gasteiger partial charge is 0.361 e. The molecule has 6 nitrogen and oxygen atoms in total. The maximum atomic E-state index is 9.24. The second kappa shape index (κ2) is 4.09. The van der Waals surface area contributed by atoms with Crippen LogP contribution in [0.25, 0.3) is 0 Å². The van der Waals surface area contributed by atoms with Gasteiger partial charge in [-0.1, -0.05) is 13.3 Å². The predicted molar refractivity (Wildman–Crippen MR) is 46.7 cm³/mol. The lowest BCUT2D eigenvalue weighted by molar-refractivity contribution is -0.448. The Hall–Kier alpha value is -0.240. The van der Waals surface area contributed by atoms with Gasteiger partial charge in [-0.15, -0.1) is 0 Å². The third-order valence-corrected chi connectivity index (χ3v) is 2.10. The zero-order valence-corrected chi connectivity index (χ0v) is 8.30. The van der Waals surface area contributed by atoms with Crippen LogP contribution in [-0.2, 0) is 0 Å². The lowest BCUT2D eigenvalue weighted by Gasteiger charge is -2.41. The zero-order chi connectivity index (χ0) is 11.6. The highest BCUT2D eigenvalue weighted by molar-refractivity contribution is 4.90. The molecule has 86 valence electrons. The molecule has 0 aromatic carbocycles. The summed E-state index contributed by atoms with van der Waals surface area (Å²) in [6.45, 7) is 2.42. The van der Waals surface area contributed by atoms with Gasteiger partial charge in [0.15, 0.2) is 0 Å². The van der Waals surface area contributed by atoms with Crippen LogP contribution in [0.15, 0.2) is 0 Å². The van der Waals surface area contributed by atoms with Crippen LogP contribution in [-0.4, -0.2) is 48.0 Å². The van der Waals surface area contributed by atoms with Crippen molar-refractivity contribution in [3.05, 3.63) is 0 Å². The fraction of sp³-hybridized carbons (Fsp3) is 1.00. The summed E-state index contributed by atoms with van der Waals surface area (Å²) in [4.78, 5) is 0. The molecule has 14 heavy (non-hydrogen) atoms. The average Bonchev–Trinajstić information content (AvgIpc) is 1.98. The lowest BCUT2D eigenvalue weighted by atomic mass is 9.93. The average molecular weight is 210 g/mol. The molecule has 0 rings (SSSR count). The lowest BCUT2D eigenvalue weighted by Crippen LogP contribution is -2.67. The van der Waals surface area contributed by atoms with Crippen molar-refractivity contribution < 1.29 is 30.6 Å². The first-order valence-corrected chi connectivity index (χ1v) is 4.40. The van der Waals surface area contributed by atoms with Crippen LogP contribution >= 0.6 is 0 Å². The van der Waals surface area contributed by atoms with E-state index in [4.69, 9.17) is 20.4 Å². The number of unbranched alkanes of at least 4 members (excludes halogenated alkanes) is 1. The van der Waals surface area contributed by atoms with Crippen molar-refractivity contribution in [2.45, 2.75) is 50.5 Å². The molecule has 0 aromatic heterocycles. The highest BCUT2D eigenvalue weighted by Gasteiger charge is 2.58. The Morgan fingerprint density at radius 2 is 1.36 bits per heavy atom. The van der Waals surface area contributed by atoms with Gasteiger partial charge in [0.05, 0.1) is 0 Å². The Kier molecular flexibility index (Phi) is 4.02. The van der Waals surface area contributed by atoms with E-state index in [0.29, 0.717) is 19.8 Å². The highest BCUT2D eigenvalue weighted by atomic mass is 16.7. The van der Waals surface area contributed by atoms with Gasteiger partial charge in [0, 0.05) is 6.42 Å². The van der Waals surface area contributed by atoms with Crippen LogP contribution in [0, 0.1) is 0 Å². The van der Waals surface area contributed by atoms with Crippen LogP contribution in [0.2, 0.25) is 0 Å². The molecule has 0 atom stereocenters. The number of hydrogen-bond acceptors (Lipinski definition) is 6. The Bertz CT molecular complexity index is 181. The van der Waals surface area contributed by atoms with Crippen molar-refractivity contribution in [1.82, 2.24) is 0 Å². The van der Waals surface area contributed by atoms with Gasteiger partial charge in [0.25, 0.3) is 5.79 Å². The molecular weight excluding hydrogens is 192 g/mol. The van der Waals surface area contributed by atoms with Crippen molar-refractivity contribution in [1.29, 1.82) is 0 Å². The summed E-state index contributed by atoms with van der Waals surface area (Å²) in [5, 5.41) is 54.6. The van der Waals surface area contributed by atoms with Gasteiger partial charge in [0.2, 0.25) is 11.6 Å². The van der Waals surface area contributed by atoms with E-state index < -0.39 is 17.4 Å². The third kappa shape index (κ3) is 2.63. The van der Waals surface area contributed by atoms with Crippen molar-refractivity contribution in [3.8, 4) is 0 Å². The molecule has 0 saturated carbocycles. The van der Waals surface area contributed by atoms with Crippen LogP contribution in [0.1, 0.15) is 33.1 Å². The Balaban J connectivity index is 4.69. The Morgan fingerprint density at radius 3 is 1.64 bits per heavy atom. The molecule has 0 saturated heterocycles. The van der Waals surface area contributed by atoms with Crippen molar-refractivity contribution >= 4 is 0 Å². The number of hydrogen-bond donors (Lipinski definition) is 6. The molecule has 0 heterocycles. The van der Waals surface area contributed by atoms with Crippen LogP contribution < -0.4 is 0 Å². The predicted octanol–water partition coefficient (Wildman–Crippen LogP) is -1.76. The highest BCUT2D eigenvalue weighted by Crippen LogP contribution is 2.30. The Labute approximate surface area is 82.1 Å². The summed E-state index contributed by atoms with van der Waals surface area (Å²) in [7, 11) is 0. The SMILES string of the molecule is CCCCC(O)(O)C(O)(O)C(C)(O)O. The van der Waals surface area contributed by atoms with E-state index in [1.807, 2.05) is 0 Å². The second-order valence-electron chi connectivity index (χ2n) is 3.61. The summed E-state index contributed by atoms with van der Waals surface area (Å²) >= 11 is 0. The summed E-state index contributed by atoms with van der Waals surface area (Å²) in [5.41, 5.74) is 0. The smallest absolute Gasteiger partial charge is 0.273 e. The molecule has 0 fully saturated rings. The monoisotopic (exact) mass is 210 g/mol. The van der Waals surface area contributed by atoms with E-state index in [-0.39, 0.29) is 6.42 Å². The minimum absolute atomic E-state index is 0.311. The third-order valence-electron chi connectivity index (χ3n) is 2.10. The van der Waals surface area contributed by atoms with Crippen LogP contribution in [0.5, 0.6) is 0 Å². The van der Waals surface area contributed by atoms with Gasteiger partial charge in [-0.3, -0.25) is 0 Å². The first-order chi connectivity index (χ1) is 6.06. The van der Waals surface area contributed by atoms with Crippen molar-refractivity contribution in [2.24, 2.45) is 0 Å². The van der Waals surface area contributed by atoms with Gasteiger partial charge in [-0.2, -0.15) is 0 Å². The van der Waals surface area contributed by atoms with Gasteiger partial charge < -0.3 is 30.6 Å². The van der Waals surface area contributed by atoms with E-state index >= 15 is 0 Å². The molecule has 0 radical (unpaired) electrons. The summed E-state index contributed by atoms with van der Waals surface area (Å²) in [6.07, 6.45) is 0.547. The fourth-order valence-electron chi connectivity index (χ4n) is 0.977. The van der Waals surface area contributed by atoms with E-state index in [1.165, 1.54) is 0 Å². The first kappa shape index (κ1) is 13.8. The molecule has 0 aliphatic carbocycles. The standard InChI is InChI=1S/C8H18O6/c1-3-4-5-7(11,12)8(13,14)6(2,9)10/h9-14H,3-5H2,1-2H3. The van der Waals surface area contributed by atoms with Gasteiger partial charge >= 0.3 is 0 Å². The van der Waals surface area contributed by atoms with Gasteiger partial charge in [0.1, 0.15) is 0 Å². The number of aliphatic hydroxyl groups is 6. The summed E-state index contributed by atoms with van der Waals surface area (Å²) in [5.74, 6) is -9.36. The van der Waals surface area contributed by atoms with E-state index in [0.717, 1.165) is 0 Å². The zero-order valence-electron chi connectivity index (χ0n) is 8.30. The van der Waals surface area contributed by atoms with E-state index in [9.17, 15) is 10.2 Å². The molecule has 6 heteroatoms. The fourth-order valence-corrected chi connectivity index (χ4v) is 0.977. The maximum Gasteiger partial charge on any atom is 0.273 e. The first-order valence-electron chi connectivity index (χ1n) is 4.40. The van der Waals surface area contributed by atoms with Crippen LogP contribution in [0.3, 0.4) is 0 Å². The molecule has 0 aliphatic rings. The van der Waals surface area contributed by atoms with Crippen molar-refractivity contribution in [3.63, 3.8) is 0 Å². The second-order valence-corrected chi connectivity index (χ2v) is 3.61. The molecule has 0 aliphatic heterocycles. The normalized spacial score (nSPS) is 14.6. The summed E-state index contributed by atoms with van der Waals surface area (Å²) in [6, 6.07) is 0. The quantitative estimate of drug-likeness (QED) is 0.299. The maximum absolute atomic E-state index is 9.24. The minimum atomic E-state index is -3.39. The number of rotatable bonds is 5. The van der Waals surface area contributed by atoms with E-state index in [1.54, 1.807) is 6.92 Å². The Morgan fingerprint density at radius 1 is 0.929 bits per heavy atom. The molecule has 0 spiro atoms. The molecule has 0 bridgehead atoms. The summed E-state index contributed by atoms with van der Waals surface area (Å²) < 4.78 is 0.